The summed E-state index contributed by atoms with van der Waals surface area (Å²) in [7, 11) is 0. The normalized spacial score (nSPS) is 38.5. The third-order valence-electron chi connectivity index (χ3n) is 4.55. The number of hydrogen-bond donors (Lipinski definition) is 1. The Labute approximate surface area is 112 Å². The smallest absolute Gasteiger partial charge is 0.0201 e. The van der Waals surface area contributed by atoms with Crippen molar-refractivity contribution in [3.63, 3.8) is 0 Å². The minimum Gasteiger partial charge on any atom is -0.313 e. The van der Waals surface area contributed by atoms with Crippen LogP contribution in [-0.2, 0) is 0 Å². The van der Waals surface area contributed by atoms with Gasteiger partial charge in [-0.2, -0.15) is 11.8 Å². The molecule has 1 N–H and O–H groups in total. The fourth-order valence-corrected chi connectivity index (χ4v) is 4.86. The third-order valence-corrected chi connectivity index (χ3v) is 5.87. The van der Waals surface area contributed by atoms with Gasteiger partial charge in [0.15, 0.2) is 0 Å². The van der Waals surface area contributed by atoms with Gasteiger partial charge in [-0.05, 0) is 49.8 Å². The van der Waals surface area contributed by atoms with Crippen LogP contribution in [0.1, 0.15) is 58.8 Å². The van der Waals surface area contributed by atoms with E-state index < -0.39 is 0 Å². The van der Waals surface area contributed by atoms with Crippen molar-refractivity contribution in [3.8, 4) is 0 Å². The van der Waals surface area contributed by atoms with E-state index >= 15 is 0 Å². The first-order valence-corrected chi connectivity index (χ1v) is 8.69. The molecule has 2 heteroatoms. The Kier molecular flexibility index (Phi) is 5.68. The van der Waals surface area contributed by atoms with Crippen LogP contribution >= 0.6 is 11.8 Å². The first kappa shape index (κ1) is 13.7. The predicted octanol–water partition coefficient (Wildman–Crippen LogP) is 4.08. The van der Waals surface area contributed by atoms with Crippen molar-refractivity contribution < 1.29 is 0 Å². The summed E-state index contributed by atoms with van der Waals surface area (Å²) in [6.45, 7) is 6.01. The van der Waals surface area contributed by atoms with Crippen LogP contribution in [0.2, 0.25) is 0 Å². The maximum Gasteiger partial charge on any atom is 0.0201 e. The molecule has 0 saturated heterocycles. The Hall–Kier alpha value is 0.310. The highest BCUT2D eigenvalue weighted by Gasteiger charge is 2.28. The highest BCUT2D eigenvalue weighted by Crippen LogP contribution is 2.31. The van der Waals surface area contributed by atoms with Crippen LogP contribution in [0.3, 0.4) is 0 Å². The fraction of sp³-hybridized carbons (Fsp3) is 1.00. The first-order chi connectivity index (χ1) is 8.29. The summed E-state index contributed by atoms with van der Waals surface area (Å²) < 4.78 is 0. The fourth-order valence-electron chi connectivity index (χ4n) is 3.64. The Morgan fingerprint density at radius 1 is 1.12 bits per heavy atom. The second-order valence-corrected chi connectivity index (χ2v) is 7.59. The molecular weight excluding hydrogens is 226 g/mol. The maximum atomic E-state index is 3.89. The van der Waals surface area contributed by atoms with Gasteiger partial charge in [-0.3, -0.25) is 0 Å². The van der Waals surface area contributed by atoms with Crippen LogP contribution in [0.15, 0.2) is 0 Å². The Balaban J connectivity index is 1.69. The number of hydrogen-bond acceptors (Lipinski definition) is 2. The van der Waals surface area contributed by atoms with Gasteiger partial charge in [0, 0.05) is 11.3 Å². The summed E-state index contributed by atoms with van der Waals surface area (Å²) in [4.78, 5) is 0. The van der Waals surface area contributed by atoms with Gasteiger partial charge in [0.05, 0.1) is 0 Å². The summed E-state index contributed by atoms with van der Waals surface area (Å²) in [6.07, 6.45) is 10.2. The molecule has 2 aliphatic rings. The SMILES string of the molecule is CCSC1CCCC1NCC1CCCC(C)C1. The van der Waals surface area contributed by atoms with Gasteiger partial charge in [-0.1, -0.05) is 33.1 Å². The Morgan fingerprint density at radius 3 is 2.71 bits per heavy atom. The second kappa shape index (κ2) is 7.04. The molecule has 2 rings (SSSR count). The van der Waals surface area contributed by atoms with Crippen LogP contribution in [-0.4, -0.2) is 23.6 Å². The molecule has 1 nitrogen and oxygen atoms in total. The van der Waals surface area contributed by atoms with Gasteiger partial charge in [0.2, 0.25) is 0 Å². The molecule has 0 amide bonds. The van der Waals surface area contributed by atoms with Crippen molar-refractivity contribution >= 4 is 11.8 Å². The maximum absolute atomic E-state index is 3.89. The standard InChI is InChI=1S/C15H29NS/c1-3-17-15-9-5-8-14(15)16-11-13-7-4-6-12(2)10-13/h12-16H,3-11H2,1-2H3. The minimum atomic E-state index is 0.817. The molecule has 2 fully saturated rings. The molecule has 2 aliphatic carbocycles. The zero-order chi connectivity index (χ0) is 12.1. The quantitative estimate of drug-likeness (QED) is 0.794. The summed E-state index contributed by atoms with van der Waals surface area (Å²) in [6, 6.07) is 0.817. The van der Waals surface area contributed by atoms with E-state index in [9.17, 15) is 0 Å². The summed E-state index contributed by atoms with van der Waals surface area (Å²) >= 11 is 2.17. The molecule has 0 heterocycles. The lowest BCUT2D eigenvalue weighted by atomic mass is 9.82. The van der Waals surface area contributed by atoms with Crippen LogP contribution in [0.4, 0.5) is 0 Å². The molecule has 4 atom stereocenters. The van der Waals surface area contributed by atoms with E-state index in [0.29, 0.717) is 0 Å². The van der Waals surface area contributed by atoms with E-state index in [2.05, 4.69) is 30.9 Å². The zero-order valence-electron chi connectivity index (χ0n) is 11.6. The van der Waals surface area contributed by atoms with Crippen molar-refractivity contribution in [2.75, 3.05) is 12.3 Å². The molecule has 4 unspecified atom stereocenters. The second-order valence-electron chi connectivity index (χ2n) is 6.08. The highest BCUT2D eigenvalue weighted by atomic mass is 32.2. The van der Waals surface area contributed by atoms with Gasteiger partial charge in [0.25, 0.3) is 0 Å². The van der Waals surface area contributed by atoms with Gasteiger partial charge < -0.3 is 5.32 Å². The van der Waals surface area contributed by atoms with Crippen LogP contribution in [0.5, 0.6) is 0 Å². The van der Waals surface area contributed by atoms with Crippen molar-refractivity contribution in [1.29, 1.82) is 0 Å². The van der Waals surface area contributed by atoms with Gasteiger partial charge in [-0.25, -0.2) is 0 Å². The van der Waals surface area contributed by atoms with Gasteiger partial charge >= 0.3 is 0 Å². The van der Waals surface area contributed by atoms with Crippen LogP contribution in [0, 0.1) is 11.8 Å². The molecule has 2 saturated carbocycles. The predicted molar refractivity (Wildman–Crippen MR) is 78.7 cm³/mol. The monoisotopic (exact) mass is 255 g/mol. The van der Waals surface area contributed by atoms with Crippen molar-refractivity contribution in [1.82, 2.24) is 5.32 Å². The molecule has 0 aromatic carbocycles. The minimum absolute atomic E-state index is 0.817. The molecule has 100 valence electrons. The molecule has 0 bridgehead atoms. The molecular formula is C15H29NS. The summed E-state index contributed by atoms with van der Waals surface area (Å²) in [5.41, 5.74) is 0. The summed E-state index contributed by atoms with van der Waals surface area (Å²) in [5, 5.41) is 4.79. The molecule has 17 heavy (non-hydrogen) atoms. The van der Waals surface area contributed by atoms with E-state index in [4.69, 9.17) is 0 Å². The number of rotatable bonds is 5. The lowest BCUT2D eigenvalue weighted by molar-refractivity contribution is 0.267. The average molecular weight is 255 g/mol. The average Bonchev–Trinajstić information content (AvgIpc) is 2.75. The lowest BCUT2D eigenvalue weighted by Crippen LogP contribution is -2.38. The van der Waals surface area contributed by atoms with E-state index in [0.717, 1.165) is 23.1 Å². The molecule has 0 radical (unpaired) electrons. The van der Waals surface area contributed by atoms with Crippen molar-refractivity contribution in [2.45, 2.75) is 70.1 Å². The van der Waals surface area contributed by atoms with Crippen LogP contribution in [0.25, 0.3) is 0 Å². The van der Waals surface area contributed by atoms with Gasteiger partial charge in [-0.15, -0.1) is 0 Å². The highest BCUT2D eigenvalue weighted by molar-refractivity contribution is 7.99. The van der Waals surface area contributed by atoms with E-state index in [1.165, 1.54) is 57.2 Å². The number of thioether (sulfide) groups is 1. The Bertz CT molecular complexity index is 219. The first-order valence-electron chi connectivity index (χ1n) is 7.64. The molecule has 0 spiro atoms. The van der Waals surface area contributed by atoms with Crippen molar-refractivity contribution in [2.24, 2.45) is 11.8 Å². The van der Waals surface area contributed by atoms with Crippen molar-refractivity contribution in [3.05, 3.63) is 0 Å². The zero-order valence-corrected chi connectivity index (χ0v) is 12.4. The lowest BCUT2D eigenvalue weighted by Gasteiger charge is -2.29. The largest absolute Gasteiger partial charge is 0.313 e. The molecule has 0 aromatic rings. The van der Waals surface area contributed by atoms with E-state index in [1.54, 1.807) is 0 Å². The topological polar surface area (TPSA) is 12.0 Å². The number of nitrogens with one attached hydrogen (secondary N) is 1. The van der Waals surface area contributed by atoms with E-state index in [1.807, 2.05) is 0 Å². The Morgan fingerprint density at radius 2 is 1.94 bits per heavy atom. The third kappa shape index (κ3) is 4.17. The molecule has 0 aromatic heterocycles. The summed E-state index contributed by atoms with van der Waals surface area (Å²) in [5.74, 6) is 3.22. The molecule has 0 aliphatic heterocycles. The van der Waals surface area contributed by atoms with Gasteiger partial charge in [0.1, 0.15) is 0 Å². The van der Waals surface area contributed by atoms with E-state index in [-0.39, 0.29) is 0 Å². The van der Waals surface area contributed by atoms with Crippen LogP contribution < -0.4 is 5.32 Å².